The molecule has 0 atom stereocenters. The van der Waals surface area contributed by atoms with Crippen LogP contribution in [-0.4, -0.2) is 29.5 Å². The minimum absolute atomic E-state index is 0.665. The monoisotopic (exact) mass is 297 g/mol. The van der Waals surface area contributed by atoms with Crippen LogP contribution >= 0.6 is 0 Å². The summed E-state index contributed by atoms with van der Waals surface area (Å²) in [6, 6.07) is 9.46. The molecule has 1 aromatic carbocycles. The maximum Gasteiger partial charge on any atom is 0.211 e. The van der Waals surface area contributed by atoms with Gasteiger partial charge in [0.2, 0.25) is 6.41 Å². The summed E-state index contributed by atoms with van der Waals surface area (Å²) >= 11 is 0. The molecule has 0 spiro atoms. The second kappa shape index (κ2) is 6.43. The third-order valence-electron chi connectivity index (χ3n) is 3.64. The van der Waals surface area contributed by atoms with Crippen LogP contribution in [0.5, 0.6) is 0 Å². The Balaban J connectivity index is 1.77. The first-order chi connectivity index (χ1) is 10.7. The Morgan fingerprint density at radius 2 is 1.77 bits per heavy atom. The van der Waals surface area contributed by atoms with Crippen molar-refractivity contribution in [3.63, 3.8) is 0 Å². The van der Waals surface area contributed by atoms with E-state index in [9.17, 15) is 4.79 Å². The Kier molecular flexibility index (Phi) is 4.18. The number of aryl methyl sites for hydroxylation is 1. The van der Waals surface area contributed by atoms with E-state index >= 15 is 0 Å². The average Bonchev–Trinajstić information content (AvgIpc) is 3.03. The van der Waals surface area contributed by atoms with Gasteiger partial charge in [0.1, 0.15) is 17.5 Å². The Morgan fingerprint density at radius 1 is 1.09 bits per heavy atom. The molecule has 1 fully saturated rings. The summed E-state index contributed by atoms with van der Waals surface area (Å²) in [5.41, 5.74) is 1.68. The average molecular weight is 297 g/mol. The fourth-order valence-corrected chi connectivity index (χ4v) is 2.59. The molecule has 2 N–H and O–H groups in total. The van der Waals surface area contributed by atoms with E-state index in [-0.39, 0.29) is 0 Å². The van der Waals surface area contributed by atoms with Crippen LogP contribution in [0.2, 0.25) is 0 Å². The number of benzene rings is 1. The molecule has 6 heteroatoms. The first kappa shape index (κ1) is 14.3. The van der Waals surface area contributed by atoms with Crippen molar-refractivity contribution in [3.8, 4) is 0 Å². The van der Waals surface area contributed by atoms with E-state index in [2.05, 4.69) is 25.5 Å². The largest absolute Gasteiger partial charge is 0.356 e. The van der Waals surface area contributed by atoms with Crippen LogP contribution in [0.3, 0.4) is 0 Å². The molecular formula is C16H19N5O. The van der Waals surface area contributed by atoms with Crippen molar-refractivity contribution in [2.45, 2.75) is 19.8 Å². The topological polar surface area (TPSA) is 70.2 Å². The Bertz CT molecular complexity index is 650. The van der Waals surface area contributed by atoms with Crippen molar-refractivity contribution in [2.75, 3.05) is 28.6 Å². The molecule has 0 bridgehead atoms. The lowest BCUT2D eigenvalue weighted by Crippen LogP contribution is -2.19. The van der Waals surface area contributed by atoms with Crippen LogP contribution in [0, 0.1) is 6.92 Å². The summed E-state index contributed by atoms with van der Waals surface area (Å²) in [4.78, 5) is 21.7. The van der Waals surface area contributed by atoms with Gasteiger partial charge >= 0.3 is 0 Å². The summed E-state index contributed by atoms with van der Waals surface area (Å²) < 4.78 is 0. The molecule has 2 heterocycles. The van der Waals surface area contributed by atoms with Crippen molar-refractivity contribution in [1.82, 2.24) is 9.97 Å². The number of nitrogens with zero attached hydrogens (tertiary/aromatic N) is 3. The van der Waals surface area contributed by atoms with Gasteiger partial charge in [-0.2, -0.15) is 0 Å². The molecular weight excluding hydrogens is 278 g/mol. The van der Waals surface area contributed by atoms with Crippen molar-refractivity contribution in [1.29, 1.82) is 0 Å². The molecule has 1 aromatic heterocycles. The van der Waals surface area contributed by atoms with Crippen LogP contribution < -0.4 is 15.5 Å². The fraction of sp³-hybridized carbons (Fsp3) is 0.312. The standard InChI is InChI=1S/C16H19N5O/c1-12-18-15(10-16(19-12)21-8-2-3-9-21)20-14-6-4-13(5-7-14)17-11-22/h4-7,10-11H,2-3,8-9H2,1H3,(H,17,22)(H,18,19,20). The SMILES string of the molecule is Cc1nc(Nc2ccc(NC=O)cc2)cc(N2CCCC2)n1. The van der Waals surface area contributed by atoms with Gasteiger partial charge in [0, 0.05) is 30.5 Å². The number of hydrogen-bond donors (Lipinski definition) is 2. The van der Waals surface area contributed by atoms with Crippen molar-refractivity contribution in [2.24, 2.45) is 0 Å². The van der Waals surface area contributed by atoms with E-state index in [0.29, 0.717) is 6.41 Å². The predicted molar refractivity (Wildman–Crippen MR) is 87.6 cm³/mol. The van der Waals surface area contributed by atoms with E-state index in [4.69, 9.17) is 0 Å². The second-order valence-corrected chi connectivity index (χ2v) is 5.32. The van der Waals surface area contributed by atoms with Gasteiger partial charge < -0.3 is 15.5 Å². The maximum absolute atomic E-state index is 10.4. The molecule has 0 aliphatic carbocycles. The van der Waals surface area contributed by atoms with Gasteiger partial charge in [-0.25, -0.2) is 9.97 Å². The number of nitrogens with one attached hydrogen (secondary N) is 2. The van der Waals surface area contributed by atoms with E-state index in [1.165, 1.54) is 12.8 Å². The van der Waals surface area contributed by atoms with Gasteiger partial charge in [-0.15, -0.1) is 0 Å². The van der Waals surface area contributed by atoms with Gasteiger partial charge in [-0.3, -0.25) is 4.79 Å². The number of amides is 1. The highest BCUT2D eigenvalue weighted by Crippen LogP contribution is 2.23. The van der Waals surface area contributed by atoms with Crippen LogP contribution in [0.1, 0.15) is 18.7 Å². The molecule has 1 amide bonds. The van der Waals surface area contributed by atoms with Gasteiger partial charge in [0.15, 0.2) is 0 Å². The van der Waals surface area contributed by atoms with Gasteiger partial charge in [0.25, 0.3) is 0 Å². The lowest BCUT2D eigenvalue weighted by atomic mass is 10.3. The van der Waals surface area contributed by atoms with Crippen LogP contribution in [0.4, 0.5) is 23.0 Å². The lowest BCUT2D eigenvalue weighted by Gasteiger charge is -2.17. The summed E-state index contributed by atoms with van der Waals surface area (Å²) in [6.07, 6.45) is 3.10. The third kappa shape index (κ3) is 3.33. The summed E-state index contributed by atoms with van der Waals surface area (Å²) in [7, 11) is 0. The molecule has 114 valence electrons. The summed E-state index contributed by atoms with van der Waals surface area (Å²) in [6.45, 7) is 4.02. The predicted octanol–water partition coefficient (Wildman–Crippen LogP) is 2.70. The second-order valence-electron chi connectivity index (χ2n) is 5.32. The first-order valence-electron chi connectivity index (χ1n) is 7.42. The quantitative estimate of drug-likeness (QED) is 0.830. The van der Waals surface area contributed by atoms with Crippen molar-refractivity contribution < 1.29 is 4.79 Å². The van der Waals surface area contributed by atoms with E-state index < -0.39 is 0 Å². The van der Waals surface area contributed by atoms with Crippen LogP contribution in [0.25, 0.3) is 0 Å². The number of anilines is 4. The highest BCUT2D eigenvalue weighted by molar-refractivity contribution is 5.72. The molecule has 2 aromatic rings. The zero-order chi connectivity index (χ0) is 15.4. The minimum Gasteiger partial charge on any atom is -0.356 e. The molecule has 0 unspecified atom stereocenters. The molecule has 1 aliphatic rings. The molecule has 3 rings (SSSR count). The molecule has 1 saturated heterocycles. The molecule has 0 radical (unpaired) electrons. The number of hydrogen-bond acceptors (Lipinski definition) is 5. The highest BCUT2D eigenvalue weighted by Gasteiger charge is 2.15. The van der Waals surface area contributed by atoms with Gasteiger partial charge in [0.05, 0.1) is 0 Å². The minimum atomic E-state index is 0.665. The summed E-state index contributed by atoms with van der Waals surface area (Å²) in [5, 5.41) is 5.90. The highest BCUT2D eigenvalue weighted by atomic mass is 16.1. The van der Waals surface area contributed by atoms with Crippen LogP contribution in [0.15, 0.2) is 30.3 Å². The van der Waals surface area contributed by atoms with Crippen LogP contribution in [-0.2, 0) is 4.79 Å². The first-order valence-corrected chi connectivity index (χ1v) is 7.42. The van der Waals surface area contributed by atoms with Crippen molar-refractivity contribution >= 4 is 29.4 Å². The van der Waals surface area contributed by atoms with E-state index in [1.807, 2.05) is 37.3 Å². The molecule has 0 saturated carbocycles. The zero-order valence-electron chi connectivity index (χ0n) is 12.5. The molecule has 22 heavy (non-hydrogen) atoms. The Hall–Kier alpha value is -2.63. The van der Waals surface area contributed by atoms with E-state index in [1.54, 1.807) is 0 Å². The maximum atomic E-state index is 10.4. The molecule has 6 nitrogen and oxygen atoms in total. The third-order valence-corrected chi connectivity index (χ3v) is 3.64. The van der Waals surface area contributed by atoms with Gasteiger partial charge in [-0.05, 0) is 44.0 Å². The summed E-state index contributed by atoms with van der Waals surface area (Å²) in [5.74, 6) is 2.52. The van der Waals surface area contributed by atoms with Crippen molar-refractivity contribution in [3.05, 3.63) is 36.2 Å². The number of carbonyl (C=O) groups is 1. The Labute approximate surface area is 129 Å². The number of aromatic nitrogens is 2. The lowest BCUT2D eigenvalue weighted by molar-refractivity contribution is -0.105. The fourth-order valence-electron chi connectivity index (χ4n) is 2.59. The number of carbonyl (C=O) groups excluding carboxylic acids is 1. The van der Waals surface area contributed by atoms with E-state index in [0.717, 1.165) is 41.9 Å². The number of rotatable bonds is 5. The smallest absolute Gasteiger partial charge is 0.211 e. The normalized spacial score (nSPS) is 14.0. The van der Waals surface area contributed by atoms with Gasteiger partial charge in [-0.1, -0.05) is 0 Å². The molecule has 1 aliphatic heterocycles. The Morgan fingerprint density at radius 3 is 2.45 bits per heavy atom. The zero-order valence-corrected chi connectivity index (χ0v) is 12.5.